The van der Waals surface area contributed by atoms with E-state index in [1.165, 1.54) is 96.0 Å². The summed E-state index contributed by atoms with van der Waals surface area (Å²) in [5.74, 6) is 1.04. The molecule has 0 spiro atoms. The number of hydrogen-bond acceptors (Lipinski definition) is 8. The van der Waals surface area contributed by atoms with Crippen LogP contribution in [0.4, 0.5) is 0 Å². The molecule has 0 amide bonds. The maximum absolute atomic E-state index is 9.95. The van der Waals surface area contributed by atoms with E-state index in [9.17, 15) is 15.3 Å². The smallest absolute Gasteiger partial charge is 0.390 e. The maximum Gasteiger partial charge on any atom is 0.390 e. The van der Waals surface area contributed by atoms with Gasteiger partial charge in [0.25, 0.3) is 0 Å². The number of allylic oxidation sites excluding steroid dienone is 8. The number of aliphatic hydroxyl groups excluding tert-OH is 2. The van der Waals surface area contributed by atoms with Gasteiger partial charge in [-0.1, -0.05) is 139 Å². The summed E-state index contributed by atoms with van der Waals surface area (Å²) >= 11 is 0. The van der Waals surface area contributed by atoms with Gasteiger partial charge in [-0.05, 0) is 124 Å². The molecule has 0 heterocycles. The Balaban J connectivity index is 0.00000104. The number of aryl methyl sites for hydroxylation is 2. The Hall–Kier alpha value is -3.07. The van der Waals surface area contributed by atoms with Gasteiger partial charge in [-0.25, -0.2) is 0 Å². The zero-order valence-electron chi connectivity index (χ0n) is 39.9. The summed E-state index contributed by atoms with van der Waals surface area (Å²) in [5, 5.41) is 37.6. The zero-order valence-corrected chi connectivity index (χ0v) is 41.9. The molecule has 0 radical (unpaired) electrons. The van der Waals surface area contributed by atoms with Gasteiger partial charge in [0.15, 0.2) is 0 Å². The topological polar surface area (TPSA) is 118 Å². The highest BCUT2D eigenvalue weighted by molar-refractivity contribution is 6.72. The van der Waals surface area contributed by atoms with E-state index in [4.69, 9.17) is 22.8 Å². The fourth-order valence-corrected chi connectivity index (χ4v) is 10.2. The van der Waals surface area contributed by atoms with Crippen molar-refractivity contribution < 1.29 is 38.1 Å². The van der Waals surface area contributed by atoms with E-state index >= 15 is 0 Å². The molecular weight excluding hydrogens is 809 g/mol. The van der Waals surface area contributed by atoms with E-state index < -0.39 is 17.1 Å². The molecule has 2 rings (SSSR count). The average Bonchev–Trinajstić information content (AvgIpc) is 3.29. The Morgan fingerprint density at radius 3 is 1.47 bits per heavy atom. The SMILES string of the molecule is C=C[Si](CO)(OC)OC.CCC/C=C/C/C=C/CCCCCCCc1cccc(O)c1.CCC/C=C/CC(/C=C/CCCCCCc1cccc(O)c1)C(C)[Si](CO)(OC)OC. The number of phenols is 2. The molecule has 2 aromatic carbocycles. The molecule has 352 valence electrons. The molecule has 2 unspecified atom stereocenters. The molecule has 0 fully saturated rings. The van der Waals surface area contributed by atoms with Gasteiger partial charge >= 0.3 is 17.1 Å². The van der Waals surface area contributed by atoms with Crippen molar-refractivity contribution in [1.29, 1.82) is 0 Å². The van der Waals surface area contributed by atoms with E-state index in [-0.39, 0.29) is 18.0 Å². The van der Waals surface area contributed by atoms with Crippen molar-refractivity contribution in [2.75, 3.05) is 40.9 Å². The van der Waals surface area contributed by atoms with Gasteiger partial charge in [-0.3, -0.25) is 0 Å². The van der Waals surface area contributed by atoms with Crippen molar-refractivity contribution in [1.82, 2.24) is 0 Å². The summed E-state index contributed by atoms with van der Waals surface area (Å²) in [5.41, 5.74) is 4.17. The van der Waals surface area contributed by atoms with Crippen LogP contribution in [0.15, 0.2) is 109 Å². The Labute approximate surface area is 381 Å². The first kappa shape index (κ1) is 58.9. The highest BCUT2D eigenvalue weighted by Gasteiger charge is 2.44. The molecule has 0 aliphatic rings. The van der Waals surface area contributed by atoms with Gasteiger partial charge in [-0.2, -0.15) is 0 Å². The van der Waals surface area contributed by atoms with Gasteiger partial charge in [-0.15, -0.1) is 6.58 Å². The van der Waals surface area contributed by atoms with Crippen LogP contribution >= 0.6 is 0 Å². The maximum atomic E-state index is 9.95. The van der Waals surface area contributed by atoms with E-state index in [0.29, 0.717) is 17.4 Å². The van der Waals surface area contributed by atoms with Crippen LogP contribution in [0, 0.1) is 5.92 Å². The first-order valence-corrected chi connectivity index (χ1v) is 27.5. The van der Waals surface area contributed by atoms with Crippen LogP contribution in [0.3, 0.4) is 0 Å². The van der Waals surface area contributed by atoms with Gasteiger partial charge in [0, 0.05) is 34.0 Å². The van der Waals surface area contributed by atoms with E-state index in [1.54, 1.807) is 32.1 Å². The second kappa shape index (κ2) is 39.5. The van der Waals surface area contributed by atoms with Crippen molar-refractivity contribution in [2.45, 2.75) is 148 Å². The monoisotopic (exact) mass is 897 g/mol. The van der Waals surface area contributed by atoms with Crippen molar-refractivity contribution in [3.63, 3.8) is 0 Å². The van der Waals surface area contributed by atoms with Crippen LogP contribution in [-0.2, 0) is 30.5 Å². The summed E-state index contributed by atoms with van der Waals surface area (Å²) in [6.45, 7) is 10.1. The molecule has 62 heavy (non-hydrogen) atoms. The predicted octanol–water partition coefficient (Wildman–Crippen LogP) is 13.0. The number of aliphatic hydroxyl groups is 2. The molecule has 4 N–H and O–H groups in total. The molecule has 2 atom stereocenters. The third kappa shape index (κ3) is 27.9. The van der Waals surface area contributed by atoms with Gasteiger partial charge < -0.3 is 38.1 Å². The molecule has 0 aliphatic carbocycles. The van der Waals surface area contributed by atoms with Crippen LogP contribution in [0.5, 0.6) is 11.5 Å². The standard InChI is InChI=1S/C26H44O4Si.C21H32O.C5H12O3Si/c1-5-6-7-13-18-25(23(2)31(22-27,29-3)30-4)19-14-11-9-8-10-12-16-24-17-15-20-26(28)21-24;1-2-3-4-5-6-7-8-9-10-11-12-13-14-16-20-17-15-18-21(22)19-20;1-4-9(5-6,7-2)8-3/h7,13-15,17,19-21,23,25,27-28H,5-6,8-12,16,18,22H2,1-4H3;4-5,7-8,15,17-19,22H,2-3,6,9-14,16H2,1H3;4,6H,1,5H2,2-3H3/b13-7+,19-14+;5-4+,8-7+;. The van der Waals surface area contributed by atoms with E-state index in [0.717, 1.165) is 51.4 Å². The number of hydrogen-bond donors (Lipinski definition) is 4. The second-order valence-electron chi connectivity index (χ2n) is 15.9. The Morgan fingerprint density at radius 2 is 1.05 bits per heavy atom. The number of phenolic OH excluding ortho intramolecular Hbond substituents is 2. The van der Waals surface area contributed by atoms with Crippen molar-refractivity contribution in [3.05, 3.63) is 121 Å². The van der Waals surface area contributed by atoms with Crippen molar-refractivity contribution in [3.8, 4) is 11.5 Å². The van der Waals surface area contributed by atoms with Gasteiger partial charge in [0.05, 0.1) is 12.5 Å². The molecule has 0 saturated heterocycles. The number of aromatic hydroxyl groups is 2. The number of unbranched alkanes of at least 4 members (excludes halogenated alkanes) is 11. The lowest BCUT2D eigenvalue weighted by Gasteiger charge is -2.35. The summed E-state index contributed by atoms with van der Waals surface area (Å²) in [7, 11) is 1.34. The fourth-order valence-electron chi connectivity index (χ4n) is 6.92. The lowest BCUT2D eigenvalue weighted by atomic mass is 9.99. The lowest BCUT2D eigenvalue weighted by Crippen LogP contribution is -2.50. The van der Waals surface area contributed by atoms with E-state index in [2.05, 4.69) is 88.1 Å². The minimum Gasteiger partial charge on any atom is -0.508 e. The average molecular weight is 897 g/mol. The summed E-state index contributed by atoms with van der Waals surface area (Å²) in [6, 6.07) is 15.2. The molecular formula is C52H88O8Si2. The van der Waals surface area contributed by atoms with Crippen molar-refractivity contribution in [2.24, 2.45) is 5.92 Å². The van der Waals surface area contributed by atoms with Gasteiger partial charge in [0.1, 0.15) is 11.5 Å². The summed E-state index contributed by atoms with van der Waals surface area (Å²) in [4.78, 5) is 0. The van der Waals surface area contributed by atoms with Crippen molar-refractivity contribution >= 4 is 17.1 Å². The molecule has 0 bridgehead atoms. The third-order valence-corrected chi connectivity index (χ3v) is 17.3. The molecule has 0 aliphatic heterocycles. The van der Waals surface area contributed by atoms with Crippen LogP contribution in [0.1, 0.15) is 141 Å². The van der Waals surface area contributed by atoms with Crippen LogP contribution in [0.25, 0.3) is 0 Å². The van der Waals surface area contributed by atoms with Crippen LogP contribution < -0.4 is 0 Å². The minimum absolute atomic E-state index is 0.0244. The highest BCUT2D eigenvalue weighted by Crippen LogP contribution is 2.34. The predicted molar refractivity (Wildman–Crippen MR) is 267 cm³/mol. The largest absolute Gasteiger partial charge is 0.508 e. The first-order chi connectivity index (χ1) is 30.1. The Kier molecular flexibility index (Phi) is 37.6. The Bertz CT molecular complexity index is 1450. The minimum atomic E-state index is -2.62. The van der Waals surface area contributed by atoms with Gasteiger partial charge in [0.2, 0.25) is 0 Å². The number of benzene rings is 2. The molecule has 0 aromatic heterocycles. The molecule has 0 saturated carbocycles. The van der Waals surface area contributed by atoms with Crippen LogP contribution in [0.2, 0.25) is 5.54 Å². The first-order valence-electron chi connectivity index (χ1n) is 23.3. The molecule has 2 aromatic rings. The molecule has 10 heteroatoms. The third-order valence-electron chi connectivity index (χ3n) is 11.2. The summed E-state index contributed by atoms with van der Waals surface area (Å²) in [6.07, 6.45) is 40.5. The van der Waals surface area contributed by atoms with E-state index in [1.807, 2.05) is 24.3 Å². The molecule has 8 nitrogen and oxygen atoms in total. The quantitative estimate of drug-likeness (QED) is 0.0318. The highest BCUT2D eigenvalue weighted by atomic mass is 28.4. The number of rotatable bonds is 33. The Morgan fingerprint density at radius 1 is 0.581 bits per heavy atom. The van der Waals surface area contributed by atoms with Crippen LogP contribution in [-0.4, -0.2) is 78.4 Å². The fraction of sp³-hybridized carbons (Fsp3) is 0.577. The second-order valence-corrected chi connectivity index (χ2v) is 22.7. The lowest BCUT2D eigenvalue weighted by molar-refractivity contribution is 0.181. The normalized spacial score (nSPS) is 13.0. The zero-order chi connectivity index (χ0) is 46.2. The summed E-state index contributed by atoms with van der Waals surface area (Å²) < 4.78 is 21.3.